The fraction of sp³-hybridized carbons (Fsp3) is 1.00. The average molecular weight is 373 g/mol. The first-order chi connectivity index (χ1) is 12.9. The van der Waals surface area contributed by atoms with Crippen molar-refractivity contribution < 1.29 is 19.3 Å². The van der Waals surface area contributed by atoms with E-state index in [1.165, 1.54) is 83.5 Å². The molecule has 1 heterocycles. The van der Waals surface area contributed by atoms with Crippen LogP contribution in [-0.4, -0.2) is 50.3 Å². The van der Waals surface area contributed by atoms with E-state index in [9.17, 15) is 5.11 Å². The van der Waals surface area contributed by atoms with Crippen LogP contribution in [0.15, 0.2) is 0 Å². The Balaban J connectivity index is 1.74. The molecule has 1 rings (SSSR count). The zero-order valence-electron chi connectivity index (χ0n) is 17.3. The number of hydrogen-bond donors (Lipinski definition) is 1. The molecule has 0 unspecified atom stereocenters. The van der Waals surface area contributed by atoms with E-state index in [2.05, 4.69) is 6.92 Å². The zero-order chi connectivity index (χ0) is 18.7. The molecule has 0 saturated carbocycles. The summed E-state index contributed by atoms with van der Waals surface area (Å²) in [5.41, 5.74) is 0. The van der Waals surface area contributed by atoms with Gasteiger partial charge in [-0.05, 0) is 6.42 Å². The first-order valence-corrected chi connectivity index (χ1v) is 11.3. The Bertz CT molecular complexity index is 285. The maximum atomic E-state index is 9.24. The highest BCUT2D eigenvalue weighted by Gasteiger charge is 2.26. The highest BCUT2D eigenvalue weighted by molar-refractivity contribution is 4.72. The second kappa shape index (κ2) is 18.2. The summed E-state index contributed by atoms with van der Waals surface area (Å²) in [6.07, 6.45) is 18.9. The Labute approximate surface area is 162 Å². The summed E-state index contributed by atoms with van der Waals surface area (Å²) < 4.78 is 16.8. The van der Waals surface area contributed by atoms with Gasteiger partial charge in [0.2, 0.25) is 0 Å². The fourth-order valence-corrected chi connectivity index (χ4v) is 3.54. The van der Waals surface area contributed by atoms with Crippen molar-refractivity contribution in [2.24, 2.45) is 0 Å². The topological polar surface area (TPSA) is 47.9 Å². The molecule has 0 aliphatic carbocycles. The minimum Gasteiger partial charge on any atom is -0.394 e. The lowest BCUT2D eigenvalue weighted by Gasteiger charge is -2.30. The number of unbranched alkanes of at least 4 members (excludes halogenated alkanes) is 13. The van der Waals surface area contributed by atoms with E-state index >= 15 is 0 Å². The summed E-state index contributed by atoms with van der Waals surface area (Å²) in [6, 6.07) is 0. The second-order valence-corrected chi connectivity index (χ2v) is 7.67. The predicted octanol–water partition coefficient (Wildman–Crippen LogP) is 5.26. The van der Waals surface area contributed by atoms with Gasteiger partial charge in [0.05, 0.1) is 26.4 Å². The third-order valence-electron chi connectivity index (χ3n) is 5.27. The third-order valence-corrected chi connectivity index (χ3v) is 5.27. The van der Waals surface area contributed by atoms with E-state index in [1.54, 1.807) is 0 Å². The lowest BCUT2D eigenvalue weighted by molar-refractivity contribution is -0.171. The van der Waals surface area contributed by atoms with Crippen LogP contribution in [0.25, 0.3) is 0 Å². The molecule has 4 heteroatoms. The SMILES string of the molecule is CCCCCCCCCCCCCCCCOC[C@H]1OCCO[C@@H]1CO. The van der Waals surface area contributed by atoms with Crippen LogP contribution >= 0.6 is 0 Å². The largest absolute Gasteiger partial charge is 0.394 e. The van der Waals surface area contributed by atoms with Crippen LogP contribution in [0.5, 0.6) is 0 Å². The van der Waals surface area contributed by atoms with E-state index in [-0.39, 0.29) is 18.8 Å². The van der Waals surface area contributed by atoms with E-state index < -0.39 is 0 Å². The highest BCUT2D eigenvalue weighted by atomic mass is 16.6. The van der Waals surface area contributed by atoms with Gasteiger partial charge in [-0.1, -0.05) is 90.4 Å². The molecular formula is C22H44O4. The Morgan fingerprint density at radius 2 is 1.15 bits per heavy atom. The van der Waals surface area contributed by atoms with Crippen LogP contribution in [0.2, 0.25) is 0 Å². The fourth-order valence-electron chi connectivity index (χ4n) is 3.54. The Morgan fingerprint density at radius 3 is 1.65 bits per heavy atom. The molecule has 26 heavy (non-hydrogen) atoms. The van der Waals surface area contributed by atoms with Gasteiger partial charge in [-0.25, -0.2) is 0 Å². The van der Waals surface area contributed by atoms with E-state index in [0.717, 1.165) is 13.0 Å². The van der Waals surface area contributed by atoms with E-state index in [4.69, 9.17) is 14.2 Å². The number of hydrogen-bond acceptors (Lipinski definition) is 4. The molecule has 0 aromatic rings. The minimum absolute atomic E-state index is 0.00683. The molecule has 0 aromatic heterocycles. The molecule has 0 aromatic carbocycles. The molecule has 1 fully saturated rings. The number of aliphatic hydroxyl groups is 1. The van der Waals surface area contributed by atoms with Crippen molar-refractivity contribution in [2.45, 2.75) is 109 Å². The standard InChI is InChI=1S/C22H44O4/c1-2-3-4-5-6-7-8-9-10-11-12-13-14-15-16-24-20-22-21(19-23)25-17-18-26-22/h21-23H,2-20H2,1H3/t21-,22-/m1/s1. The van der Waals surface area contributed by atoms with Gasteiger partial charge in [0.25, 0.3) is 0 Å². The quantitative estimate of drug-likeness (QED) is 0.333. The second-order valence-electron chi connectivity index (χ2n) is 7.67. The first-order valence-electron chi connectivity index (χ1n) is 11.3. The lowest BCUT2D eigenvalue weighted by atomic mass is 10.0. The summed E-state index contributed by atoms with van der Waals surface area (Å²) in [6.45, 7) is 4.78. The molecule has 1 saturated heterocycles. The van der Waals surface area contributed by atoms with Crippen molar-refractivity contribution in [1.82, 2.24) is 0 Å². The molecule has 0 spiro atoms. The summed E-state index contributed by atoms with van der Waals surface area (Å²) in [5, 5.41) is 9.24. The molecule has 156 valence electrons. The van der Waals surface area contributed by atoms with Gasteiger partial charge in [-0.15, -0.1) is 0 Å². The molecule has 1 aliphatic rings. The monoisotopic (exact) mass is 372 g/mol. The predicted molar refractivity (Wildman–Crippen MR) is 108 cm³/mol. The van der Waals surface area contributed by atoms with Crippen LogP contribution in [0, 0.1) is 0 Å². The van der Waals surface area contributed by atoms with Crippen molar-refractivity contribution in [1.29, 1.82) is 0 Å². The number of ether oxygens (including phenoxy) is 3. The molecule has 1 N–H and O–H groups in total. The van der Waals surface area contributed by atoms with Crippen molar-refractivity contribution in [3.8, 4) is 0 Å². The summed E-state index contributed by atoms with van der Waals surface area (Å²) in [7, 11) is 0. The van der Waals surface area contributed by atoms with Gasteiger partial charge in [-0.3, -0.25) is 0 Å². The Morgan fingerprint density at radius 1 is 0.692 bits per heavy atom. The van der Waals surface area contributed by atoms with Gasteiger partial charge in [-0.2, -0.15) is 0 Å². The van der Waals surface area contributed by atoms with Crippen molar-refractivity contribution >= 4 is 0 Å². The highest BCUT2D eigenvalue weighted by Crippen LogP contribution is 2.13. The molecule has 4 nitrogen and oxygen atoms in total. The molecule has 0 radical (unpaired) electrons. The first kappa shape index (κ1) is 23.9. The van der Waals surface area contributed by atoms with Crippen molar-refractivity contribution in [3.05, 3.63) is 0 Å². The lowest BCUT2D eigenvalue weighted by Crippen LogP contribution is -2.43. The van der Waals surface area contributed by atoms with Crippen LogP contribution in [0.1, 0.15) is 96.8 Å². The van der Waals surface area contributed by atoms with Crippen molar-refractivity contribution in [2.75, 3.05) is 33.0 Å². The van der Waals surface area contributed by atoms with E-state index in [0.29, 0.717) is 19.8 Å². The number of aliphatic hydroxyl groups excluding tert-OH is 1. The van der Waals surface area contributed by atoms with Crippen LogP contribution < -0.4 is 0 Å². The third kappa shape index (κ3) is 13.1. The molecule has 0 bridgehead atoms. The van der Waals surface area contributed by atoms with Crippen LogP contribution in [-0.2, 0) is 14.2 Å². The number of rotatable bonds is 18. The summed E-state index contributed by atoms with van der Waals surface area (Å²) in [5.74, 6) is 0. The maximum absolute atomic E-state index is 9.24. The smallest absolute Gasteiger partial charge is 0.109 e. The normalized spacial score (nSPS) is 20.5. The minimum atomic E-state index is -0.222. The summed E-state index contributed by atoms with van der Waals surface area (Å²) in [4.78, 5) is 0. The van der Waals surface area contributed by atoms with Gasteiger partial charge in [0.15, 0.2) is 0 Å². The van der Waals surface area contributed by atoms with Gasteiger partial charge < -0.3 is 19.3 Å². The Hall–Kier alpha value is -0.160. The zero-order valence-corrected chi connectivity index (χ0v) is 17.3. The van der Waals surface area contributed by atoms with Gasteiger partial charge in [0.1, 0.15) is 12.2 Å². The van der Waals surface area contributed by atoms with Crippen molar-refractivity contribution in [3.63, 3.8) is 0 Å². The van der Waals surface area contributed by atoms with Crippen LogP contribution in [0.3, 0.4) is 0 Å². The molecular weight excluding hydrogens is 328 g/mol. The molecule has 2 atom stereocenters. The average Bonchev–Trinajstić information content (AvgIpc) is 2.68. The van der Waals surface area contributed by atoms with Crippen LogP contribution in [0.4, 0.5) is 0 Å². The maximum Gasteiger partial charge on any atom is 0.109 e. The van der Waals surface area contributed by atoms with Gasteiger partial charge >= 0.3 is 0 Å². The van der Waals surface area contributed by atoms with E-state index in [1.807, 2.05) is 0 Å². The summed E-state index contributed by atoms with van der Waals surface area (Å²) >= 11 is 0. The van der Waals surface area contributed by atoms with Gasteiger partial charge in [0, 0.05) is 6.61 Å². The molecule has 0 amide bonds. The Kier molecular flexibility index (Phi) is 16.7. The molecule has 1 aliphatic heterocycles.